The molecule has 0 unspecified atom stereocenters. The van der Waals surface area contributed by atoms with Crippen LogP contribution < -0.4 is 5.32 Å². The fraction of sp³-hybridized carbons (Fsp3) is 1.00. The molecule has 2 aliphatic heterocycles. The van der Waals surface area contributed by atoms with Gasteiger partial charge in [-0.1, -0.05) is 0 Å². The summed E-state index contributed by atoms with van der Waals surface area (Å²) >= 11 is 0. The van der Waals surface area contributed by atoms with Gasteiger partial charge in [0.1, 0.15) is 0 Å². The summed E-state index contributed by atoms with van der Waals surface area (Å²) in [5, 5.41) is 3.34. The molecule has 0 amide bonds. The summed E-state index contributed by atoms with van der Waals surface area (Å²) < 4.78 is 5.29. The maximum absolute atomic E-state index is 5.29. The quantitative estimate of drug-likeness (QED) is 0.477. The van der Waals surface area contributed by atoms with Crippen LogP contribution in [0.25, 0.3) is 0 Å². The van der Waals surface area contributed by atoms with Crippen LogP contribution in [0.5, 0.6) is 0 Å². The van der Waals surface area contributed by atoms with E-state index in [4.69, 9.17) is 4.74 Å². The predicted molar refractivity (Wildman–Crippen MR) is 30.7 cm³/mol. The lowest BCUT2D eigenvalue weighted by Crippen LogP contribution is -2.51. The van der Waals surface area contributed by atoms with Crippen molar-refractivity contribution in [3.8, 4) is 0 Å². The highest BCUT2D eigenvalue weighted by Crippen LogP contribution is 2.24. The Bertz CT molecular complexity index is 82.5. The second-order valence-electron chi connectivity index (χ2n) is 2.62. The van der Waals surface area contributed by atoms with Crippen LogP contribution in [-0.2, 0) is 4.74 Å². The molecule has 0 radical (unpaired) electrons. The van der Waals surface area contributed by atoms with Gasteiger partial charge in [-0.2, -0.15) is 0 Å². The molecule has 0 bridgehead atoms. The molecule has 1 N–H and O–H groups in total. The average Bonchev–Trinajstić information content (AvgIpc) is 1.72. The molecular weight excluding hydrogens is 102 g/mol. The Hall–Kier alpha value is -0.0800. The lowest BCUT2D eigenvalue weighted by atomic mass is 9.92. The van der Waals surface area contributed by atoms with Gasteiger partial charge in [0.2, 0.25) is 0 Å². The van der Waals surface area contributed by atoms with Crippen LogP contribution in [0.15, 0.2) is 0 Å². The summed E-state index contributed by atoms with van der Waals surface area (Å²) in [6.07, 6.45) is 1.85. The second-order valence-corrected chi connectivity index (χ2v) is 2.62. The smallest absolute Gasteiger partial charge is 0.0649 e. The molecule has 0 aromatic heterocycles. The van der Waals surface area contributed by atoms with Crippen LogP contribution in [0.2, 0.25) is 0 Å². The Morgan fingerprint density at radius 3 is 2.88 bits per heavy atom. The van der Waals surface area contributed by atoms with E-state index >= 15 is 0 Å². The van der Waals surface area contributed by atoms with Crippen molar-refractivity contribution in [3.63, 3.8) is 0 Å². The number of nitrogens with one attached hydrogen (secondary N) is 1. The SMILES string of the molecule is C1C[C@@H]2OC[C@@H]2CN1. The first-order valence-electron chi connectivity index (χ1n) is 3.29. The van der Waals surface area contributed by atoms with E-state index in [-0.39, 0.29) is 0 Å². The highest BCUT2D eigenvalue weighted by atomic mass is 16.5. The largest absolute Gasteiger partial charge is 0.377 e. The third kappa shape index (κ3) is 0.565. The van der Waals surface area contributed by atoms with E-state index in [2.05, 4.69) is 5.32 Å². The normalized spacial score (nSPS) is 45.0. The van der Waals surface area contributed by atoms with Gasteiger partial charge in [0, 0.05) is 12.5 Å². The van der Waals surface area contributed by atoms with Gasteiger partial charge in [-0.25, -0.2) is 0 Å². The zero-order valence-corrected chi connectivity index (χ0v) is 4.89. The molecule has 2 fully saturated rings. The number of hydrogen-bond donors (Lipinski definition) is 1. The van der Waals surface area contributed by atoms with Crippen molar-refractivity contribution in [2.24, 2.45) is 5.92 Å². The van der Waals surface area contributed by atoms with Gasteiger partial charge in [-0.05, 0) is 13.0 Å². The topological polar surface area (TPSA) is 21.3 Å². The van der Waals surface area contributed by atoms with E-state index in [0.717, 1.165) is 19.1 Å². The van der Waals surface area contributed by atoms with Gasteiger partial charge in [0.15, 0.2) is 0 Å². The van der Waals surface area contributed by atoms with Crippen LogP contribution in [0, 0.1) is 5.92 Å². The van der Waals surface area contributed by atoms with Crippen LogP contribution in [0.1, 0.15) is 6.42 Å². The van der Waals surface area contributed by atoms with Crippen molar-refractivity contribution in [3.05, 3.63) is 0 Å². The first-order valence-corrected chi connectivity index (χ1v) is 3.29. The number of rotatable bonds is 0. The zero-order chi connectivity index (χ0) is 5.40. The number of fused-ring (bicyclic) bond motifs is 1. The fourth-order valence-electron chi connectivity index (χ4n) is 1.41. The predicted octanol–water partition coefficient (Wildman–Crippen LogP) is -0.00530. The molecule has 2 heterocycles. The lowest BCUT2D eigenvalue weighted by Gasteiger charge is -2.40. The summed E-state index contributed by atoms with van der Waals surface area (Å²) in [4.78, 5) is 0. The summed E-state index contributed by atoms with van der Waals surface area (Å²) in [7, 11) is 0. The molecule has 0 aromatic rings. The number of hydrogen-bond acceptors (Lipinski definition) is 2. The molecule has 2 rings (SSSR count). The molecule has 0 aromatic carbocycles. The molecule has 2 aliphatic rings. The second kappa shape index (κ2) is 1.71. The van der Waals surface area contributed by atoms with Crippen LogP contribution in [-0.4, -0.2) is 25.8 Å². The molecule has 0 aliphatic carbocycles. The van der Waals surface area contributed by atoms with Crippen LogP contribution in [0.4, 0.5) is 0 Å². The van der Waals surface area contributed by atoms with Crippen LogP contribution >= 0.6 is 0 Å². The van der Waals surface area contributed by atoms with E-state index in [1.807, 2.05) is 0 Å². The van der Waals surface area contributed by atoms with Gasteiger partial charge in [-0.15, -0.1) is 0 Å². The Morgan fingerprint density at radius 2 is 2.50 bits per heavy atom. The lowest BCUT2D eigenvalue weighted by molar-refractivity contribution is -0.126. The third-order valence-corrected chi connectivity index (χ3v) is 2.06. The molecule has 2 nitrogen and oxygen atoms in total. The maximum Gasteiger partial charge on any atom is 0.0649 e. The Labute approximate surface area is 49.2 Å². The summed E-state index contributed by atoms with van der Waals surface area (Å²) in [6.45, 7) is 3.34. The van der Waals surface area contributed by atoms with Gasteiger partial charge >= 0.3 is 0 Å². The Morgan fingerprint density at radius 1 is 1.50 bits per heavy atom. The van der Waals surface area contributed by atoms with Gasteiger partial charge in [-0.3, -0.25) is 0 Å². The standard InChI is InChI=1S/C6H11NO/c1-2-7-3-5-4-8-6(1)5/h5-7H,1-4H2/t5-,6-/m0/s1. The summed E-state index contributed by atoms with van der Waals surface area (Å²) in [5.41, 5.74) is 0. The third-order valence-electron chi connectivity index (χ3n) is 2.06. The van der Waals surface area contributed by atoms with E-state index in [1.165, 1.54) is 13.0 Å². The highest BCUT2D eigenvalue weighted by molar-refractivity contribution is 4.84. The van der Waals surface area contributed by atoms with Crippen molar-refractivity contribution in [2.75, 3.05) is 19.7 Å². The first-order chi connectivity index (χ1) is 3.97. The molecule has 2 heteroatoms. The Balaban J connectivity index is 1.92. The number of ether oxygens (including phenoxy) is 1. The van der Waals surface area contributed by atoms with E-state index in [1.54, 1.807) is 0 Å². The van der Waals surface area contributed by atoms with Gasteiger partial charge in [0.25, 0.3) is 0 Å². The molecular formula is C6H11NO. The molecule has 0 spiro atoms. The summed E-state index contributed by atoms with van der Waals surface area (Å²) in [6, 6.07) is 0. The van der Waals surface area contributed by atoms with Gasteiger partial charge in [0.05, 0.1) is 12.7 Å². The molecule has 8 heavy (non-hydrogen) atoms. The fourth-order valence-corrected chi connectivity index (χ4v) is 1.41. The molecule has 2 atom stereocenters. The molecule has 0 saturated carbocycles. The van der Waals surface area contributed by atoms with Crippen molar-refractivity contribution < 1.29 is 4.74 Å². The van der Waals surface area contributed by atoms with Crippen molar-refractivity contribution in [1.29, 1.82) is 0 Å². The van der Waals surface area contributed by atoms with E-state index in [9.17, 15) is 0 Å². The minimum absolute atomic E-state index is 0.622. The Kier molecular flexibility index (Phi) is 1.02. The first kappa shape index (κ1) is 4.77. The highest BCUT2D eigenvalue weighted by Gasteiger charge is 2.33. The maximum atomic E-state index is 5.29. The minimum Gasteiger partial charge on any atom is -0.377 e. The van der Waals surface area contributed by atoms with Crippen molar-refractivity contribution >= 4 is 0 Å². The minimum atomic E-state index is 0.622. The van der Waals surface area contributed by atoms with Crippen molar-refractivity contribution in [1.82, 2.24) is 5.32 Å². The molecule has 2 saturated heterocycles. The molecule has 46 valence electrons. The summed E-state index contributed by atoms with van der Waals surface area (Å²) in [5.74, 6) is 0.851. The zero-order valence-electron chi connectivity index (χ0n) is 4.89. The van der Waals surface area contributed by atoms with E-state index < -0.39 is 0 Å². The number of piperidine rings is 1. The van der Waals surface area contributed by atoms with Gasteiger partial charge < -0.3 is 10.1 Å². The average molecular weight is 113 g/mol. The monoisotopic (exact) mass is 113 g/mol. The van der Waals surface area contributed by atoms with Crippen LogP contribution in [0.3, 0.4) is 0 Å². The van der Waals surface area contributed by atoms with E-state index in [0.29, 0.717) is 6.10 Å². The van der Waals surface area contributed by atoms with Crippen molar-refractivity contribution in [2.45, 2.75) is 12.5 Å².